The molecule has 0 aromatic carbocycles. The lowest BCUT2D eigenvalue weighted by molar-refractivity contribution is 0.159. The summed E-state index contributed by atoms with van der Waals surface area (Å²) in [5, 5.41) is 15.3. The van der Waals surface area contributed by atoms with Crippen LogP contribution in [0.5, 0.6) is 0 Å². The second-order valence-corrected chi connectivity index (χ2v) is 5.75. The van der Waals surface area contributed by atoms with Gasteiger partial charge in [-0.2, -0.15) is 0 Å². The van der Waals surface area contributed by atoms with Crippen molar-refractivity contribution in [3.8, 4) is 0 Å². The van der Waals surface area contributed by atoms with Crippen molar-refractivity contribution >= 4 is 6.03 Å². The molecule has 0 saturated heterocycles. The van der Waals surface area contributed by atoms with Gasteiger partial charge < -0.3 is 15.7 Å². The lowest BCUT2D eigenvalue weighted by Crippen LogP contribution is -2.47. The third kappa shape index (κ3) is 5.25. The molecule has 1 rings (SSSR count). The van der Waals surface area contributed by atoms with Crippen LogP contribution in [-0.4, -0.2) is 29.8 Å². The molecule has 0 aromatic rings. The first kappa shape index (κ1) is 15.3. The molecule has 0 aliphatic heterocycles. The molecule has 1 fully saturated rings. The number of hydrogen-bond donors (Lipinski definition) is 3. The van der Waals surface area contributed by atoms with E-state index >= 15 is 0 Å². The largest absolute Gasteiger partial charge is 0.393 e. The van der Waals surface area contributed by atoms with Crippen molar-refractivity contribution in [2.45, 2.75) is 65.0 Å². The summed E-state index contributed by atoms with van der Waals surface area (Å²) in [6.45, 7) is 6.97. The third-order valence-electron chi connectivity index (χ3n) is 3.98. The molecule has 0 bridgehead atoms. The Labute approximate surface area is 111 Å². The minimum absolute atomic E-state index is 0.0929. The lowest BCUT2D eigenvalue weighted by atomic mass is 9.80. The van der Waals surface area contributed by atoms with E-state index in [-0.39, 0.29) is 12.1 Å². The highest BCUT2D eigenvalue weighted by Gasteiger charge is 2.26. The molecule has 2 amide bonds. The molecule has 3 N–H and O–H groups in total. The molecule has 0 spiro atoms. The van der Waals surface area contributed by atoms with Crippen LogP contribution < -0.4 is 10.6 Å². The molecule has 1 saturated carbocycles. The van der Waals surface area contributed by atoms with Gasteiger partial charge in [-0.3, -0.25) is 0 Å². The Kier molecular flexibility index (Phi) is 6.47. The molecule has 0 heterocycles. The summed E-state index contributed by atoms with van der Waals surface area (Å²) < 4.78 is 0. The van der Waals surface area contributed by atoms with Gasteiger partial charge in [0, 0.05) is 12.6 Å². The number of aliphatic hydroxyl groups is 1. The summed E-state index contributed by atoms with van der Waals surface area (Å²) in [5.74, 6) is 1.33. The first-order valence-corrected chi connectivity index (χ1v) is 7.25. The van der Waals surface area contributed by atoms with E-state index in [0.717, 1.165) is 18.8 Å². The van der Waals surface area contributed by atoms with Gasteiger partial charge in [0.15, 0.2) is 0 Å². The Morgan fingerprint density at radius 1 is 1.39 bits per heavy atom. The van der Waals surface area contributed by atoms with Crippen LogP contribution in [0.2, 0.25) is 0 Å². The highest BCUT2D eigenvalue weighted by molar-refractivity contribution is 5.74. The SMILES string of the molecule is CCC(O)CCNC(=O)NC1CCC(C)CC1C. The zero-order chi connectivity index (χ0) is 13.5. The summed E-state index contributed by atoms with van der Waals surface area (Å²) in [6.07, 6.45) is 4.53. The fourth-order valence-electron chi connectivity index (χ4n) is 2.66. The summed E-state index contributed by atoms with van der Waals surface area (Å²) in [6, 6.07) is 0.210. The van der Waals surface area contributed by atoms with Crippen LogP contribution in [0.15, 0.2) is 0 Å². The number of nitrogens with one attached hydrogen (secondary N) is 2. The fourth-order valence-corrected chi connectivity index (χ4v) is 2.66. The molecule has 0 aromatic heterocycles. The number of hydrogen-bond acceptors (Lipinski definition) is 2. The Morgan fingerprint density at radius 3 is 2.72 bits per heavy atom. The maximum Gasteiger partial charge on any atom is 0.315 e. The minimum Gasteiger partial charge on any atom is -0.393 e. The van der Waals surface area contributed by atoms with Gasteiger partial charge in [-0.05, 0) is 43.9 Å². The molecule has 1 aliphatic carbocycles. The van der Waals surface area contributed by atoms with Gasteiger partial charge >= 0.3 is 6.03 Å². The summed E-state index contributed by atoms with van der Waals surface area (Å²) in [5.41, 5.74) is 0. The maximum absolute atomic E-state index is 11.7. The molecule has 4 heteroatoms. The van der Waals surface area contributed by atoms with Gasteiger partial charge in [-0.1, -0.05) is 20.8 Å². The second kappa shape index (κ2) is 7.62. The molecule has 4 atom stereocenters. The van der Waals surface area contributed by atoms with E-state index in [0.29, 0.717) is 24.9 Å². The Balaban J connectivity index is 2.19. The van der Waals surface area contributed by atoms with Crippen molar-refractivity contribution in [2.75, 3.05) is 6.54 Å². The zero-order valence-electron chi connectivity index (χ0n) is 11.9. The predicted octanol–water partition coefficient (Wildman–Crippen LogP) is 2.27. The average molecular weight is 256 g/mol. The lowest BCUT2D eigenvalue weighted by Gasteiger charge is -2.33. The van der Waals surface area contributed by atoms with Crippen molar-refractivity contribution in [1.82, 2.24) is 10.6 Å². The number of carbonyl (C=O) groups excluding carboxylic acids is 1. The summed E-state index contributed by atoms with van der Waals surface area (Å²) in [4.78, 5) is 11.7. The van der Waals surface area contributed by atoms with Crippen LogP contribution in [0.4, 0.5) is 4.79 Å². The normalized spacial score (nSPS) is 29.7. The Morgan fingerprint density at radius 2 is 2.11 bits per heavy atom. The minimum atomic E-state index is -0.306. The molecule has 4 unspecified atom stereocenters. The van der Waals surface area contributed by atoms with Crippen molar-refractivity contribution in [1.29, 1.82) is 0 Å². The van der Waals surface area contributed by atoms with E-state index in [1.165, 1.54) is 12.8 Å². The van der Waals surface area contributed by atoms with Crippen molar-refractivity contribution < 1.29 is 9.90 Å². The Hall–Kier alpha value is -0.770. The molecule has 1 aliphatic rings. The Bertz CT molecular complexity index is 258. The van der Waals surface area contributed by atoms with Gasteiger partial charge in [-0.15, -0.1) is 0 Å². The number of rotatable bonds is 5. The van der Waals surface area contributed by atoms with Gasteiger partial charge in [0.25, 0.3) is 0 Å². The zero-order valence-corrected chi connectivity index (χ0v) is 11.9. The summed E-state index contributed by atoms with van der Waals surface area (Å²) in [7, 11) is 0. The van der Waals surface area contributed by atoms with Gasteiger partial charge in [0.2, 0.25) is 0 Å². The van der Waals surface area contributed by atoms with Gasteiger partial charge in [-0.25, -0.2) is 4.79 Å². The smallest absolute Gasteiger partial charge is 0.315 e. The number of urea groups is 1. The number of aliphatic hydroxyl groups excluding tert-OH is 1. The standard InChI is InChI=1S/C14H28N2O2/c1-4-12(17)7-8-15-14(18)16-13-6-5-10(2)9-11(13)3/h10-13,17H,4-9H2,1-3H3,(H2,15,16,18). The number of amides is 2. The van der Waals surface area contributed by atoms with Crippen LogP contribution in [0, 0.1) is 11.8 Å². The van der Waals surface area contributed by atoms with E-state index in [1.807, 2.05) is 6.92 Å². The summed E-state index contributed by atoms with van der Waals surface area (Å²) >= 11 is 0. The third-order valence-corrected chi connectivity index (χ3v) is 3.98. The van der Waals surface area contributed by atoms with Gasteiger partial charge in [0.1, 0.15) is 0 Å². The van der Waals surface area contributed by atoms with Crippen molar-refractivity contribution in [3.63, 3.8) is 0 Å². The first-order chi connectivity index (χ1) is 8.52. The van der Waals surface area contributed by atoms with Gasteiger partial charge in [0.05, 0.1) is 6.10 Å². The average Bonchev–Trinajstić information content (AvgIpc) is 2.32. The van der Waals surface area contributed by atoms with Crippen LogP contribution in [0.25, 0.3) is 0 Å². The first-order valence-electron chi connectivity index (χ1n) is 7.25. The van der Waals surface area contributed by atoms with E-state index in [1.54, 1.807) is 0 Å². The van der Waals surface area contributed by atoms with E-state index in [4.69, 9.17) is 0 Å². The van der Waals surface area contributed by atoms with E-state index in [9.17, 15) is 9.90 Å². The van der Waals surface area contributed by atoms with E-state index < -0.39 is 0 Å². The fraction of sp³-hybridized carbons (Fsp3) is 0.929. The van der Waals surface area contributed by atoms with Crippen molar-refractivity contribution in [2.24, 2.45) is 11.8 Å². The van der Waals surface area contributed by atoms with Crippen LogP contribution >= 0.6 is 0 Å². The molecular weight excluding hydrogens is 228 g/mol. The highest BCUT2D eigenvalue weighted by atomic mass is 16.3. The van der Waals surface area contributed by atoms with Crippen molar-refractivity contribution in [3.05, 3.63) is 0 Å². The predicted molar refractivity (Wildman–Crippen MR) is 73.4 cm³/mol. The van der Waals surface area contributed by atoms with Crippen LogP contribution in [0.1, 0.15) is 52.9 Å². The molecule has 106 valence electrons. The maximum atomic E-state index is 11.7. The van der Waals surface area contributed by atoms with E-state index in [2.05, 4.69) is 24.5 Å². The van der Waals surface area contributed by atoms with Crippen LogP contribution in [0.3, 0.4) is 0 Å². The topological polar surface area (TPSA) is 61.4 Å². The monoisotopic (exact) mass is 256 g/mol. The molecular formula is C14H28N2O2. The quantitative estimate of drug-likeness (QED) is 0.706. The molecule has 4 nitrogen and oxygen atoms in total. The second-order valence-electron chi connectivity index (χ2n) is 5.75. The molecule has 18 heavy (non-hydrogen) atoms. The highest BCUT2D eigenvalue weighted by Crippen LogP contribution is 2.28. The van der Waals surface area contributed by atoms with Crippen LogP contribution in [-0.2, 0) is 0 Å². The number of carbonyl (C=O) groups is 1. The molecule has 0 radical (unpaired) electrons.